The molecule has 0 aromatic heterocycles. The lowest BCUT2D eigenvalue weighted by Gasteiger charge is -2.07. The minimum absolute atomic E-state index is 0.285. The van der Waals surface area contributed by atoms with Gasteiger partial charge in [0.15, 0.2) is 6.10 Å². The maximum absolute atomic E-state index is 11.9. The summed E-state index contributed by atoms with van der Waals surface area (Å²) in [6.45, 7) is 5.47. The van der Waals surface area contributed by atoms with E-state index >= 15 is 0 Å². The van der Waals surface area contributed by atoms with Crippen molar-refractivity contribution in [2.45, 2.75) is 38.4 Å². The Bertz CT molecular complexity index is 431. The van der Waals surface area contributed by atoms with Crippen LogP contribution >= 0.6 is 0 Å². The summed E-state index contributed by atoms with van der Waals surface area (Å²) in [4.78, 5) is 11.9. The molecule has 0 amide bonds. The fourth-order valence-electron chi connectivity index (χ4n) is 2.10. The summed E-state index contributed by atoms with van der Waals surface area (Å²) in [5.41, 5.74) is 0.461. The van der Waals surface area contributed by atoms with Crippen LogP contribution < -0.4 is 0 Å². The quantitative estimate of drug-likeness (QED) is 0.417. The SMILES string of the molecule is CCCCOCCOC(=O)[C@H]1O[C@@]1(C)c1ccccc1. The van der Waals surface area contributed by atoms with Crippen molar-refractivity contribution in [2.75, 3.05) is 19.8 Å². The molecule has 0 radical (unpaired) electrons. The largest absolute Gasteiger partial charge is 0.461 e. The number of rotatable bonds is 8. The van der Waals surface area contributed by atoms with E-state index in [0.717, 1.165) is 25.0 Å². The average Bonchev–Trinajstić information content (AvgIpc) is 3.17. The summed E-state index contributed by atoms with van der Waals surface area (Å²) >= 11 is 0. The third-order valence-corrected chi connectivity index (χ3v) is 3.48. The summed E-state index contributed by atoms with van der Waals surface area (Å²) in [7, 11) is 0. The van der Waals surface area contributed by atoms with Gasteiger partial charge in [0, 0.05) is 6.61 Å². The van der Waals surface area contributed by atoms with Crippen LogP contribution in [0.5, 0.6) is 0 Å². The smallest absolute Gasteiger partial charge is 0.338 e. The first kappa shape index (κ1) is 15.0. The van der Waals surface area contributed by atoms with Gasteiger partial charge in [-0.15, -0.1) is 0 Å². The van der Waals surface area contributed by atoms with Crippen molar-refractivity contribution in [2.24, 2.45) is 0 Å². The molecule has 1 aliphatic heterocycles. The summed E-state index contributed by atoms with van der Waals surface area (Å²) in [5, 5.41) is 0. The average molecular weight is 278 g/mol. The Kier molecular flexibility index (Phi) is 5.15. The van der Waals surface area contributed by atoms with E-state index in [1.165, 1.54) is 0 Å². The van der Waals surface area contributed by atoms with Gasteiger partial charge in [-0.3, -0.25) is 0 Å². The standard InChI is InChI=1S/C16H22O4/c1-3-4-10-18-11-12-19-15(17)14-16(2,20-14)13-8-6-5-7-9-13/h5-9,14H,3-4,10-12H2,1-2H3/t14-,16+/m1/s1. The van der Waals surface area contributed by atoms with Gasteiger partial charge in [-0.05, 0) is 18.9 Å². The van der Waals surface area contributed by atoms with Crippen LogP contribution in [-0.2, 0) is 24.6 Å². The molecule has 1 heterocycles. The Morgan fingerprint density at radius 3 is 2.70 bits per heavy atom. The summed E-state index contributed by atoms with van der Waals surface area (Å²) in [5.74, 6) is -0.310. The Morgan fingerprint density at radius 2 is 2.00 bits per heavy atom. The van der Waals surface area contributed by atoms with Gasteiger partial charge in [-0.2, -0.15) is 0 Å². The lowest BCUT2D eigenvalue weighted by Crippen LogP contribution is -2.20. The number of epoxide rings is 1. The zero-order valence-corrected chi connectivity index (χ0v) is 12.1. The molecule has 0 N–H and O–H groups in total. The normalized spacial score (nSPS) is 24.4. The van der Waals surface area contributed by atoms with Gasteiger partial charge in [0.25, 0.3) is 0 Å². The third kappa shape index (κ3) is 3.58. The highest BCUT2D eigenvalue weighted by Crippen LogP contribution is 2.46. The van der Waals surface area contributed by atoms with Crippen LogP contribution in [0.2, 0.25) is 0 Å². The van der Waals surface area contributed by atoms with E-state index in [1.54, 1.807) is 0 Å². The predicted octanol–water partition coefficient (Wildman–Crippen LogP) is 2.66. The molecule has 110 valence electrons. The molecular weight excluding hydrogens is 256 g/mol. The third-order valence-electron chi connectivity index (χ3n) is 3.48. The van der Waals surface area contributed by atoms with E-state index in [0.29, 0.717) is 6.61 Å². The molecule has 0 saturated carbocycles. The van der Waals surface area contributed by atoms with Crippen molar-refractivity contribution in [3.8, 4) is 0 Å². The number of hydrogen-bond acceptors (Lipinski definition) is 4. The predicted molar refractivity (Wildman–Crippen MR) is 75.4 cm³/mol. The van der Waals surface area contributed by atoms with Crippen molar-refractivity contribution in [3.05, 3.63) is 35.9 Å². The molecule has 1 fully saturated rings. The van der Waals surface area contributed by atoms with Crippen molar-refractivity contribution in [3.63, 3.8) is 0 Å². The molecule has 2 rings (SSSR count). The number of carbonyl (C=O) groups is 1. The Morgan fingerprint density at radius 1 is 1.25 bits per heavy atom. The van der Waals surface area contributed by atoms with Crippen molar-refractivity contribution in [1.29, 1.82) is 0 Å². The van der Waals surface area contributed by atoms with E-state index < -0.39 is 11.7 Å². The number of esters is 1. The van der Waals surface area contributed by atoms with Crippen LogP contribution in [0.25, 0.3) is 0 Å². The number of unbranched alkanes of at least 4 members (excludes halogenated alkanes) is 1. The summed E-state index contributed by atoms with van der Waals surface area (Å²) in [6, 6.07) is 9.73. The van der Waals surface area contributed by atoms with E-state index in [1.807, 2.05) is 37.3 Å². The second kappa shape index (κ2) is 6.86. The van der Waals surface area contributed by atoms with Gasteiger partial charge in [-0.25, -0.2) is 4.79 Å². The zero-order valence-electron chi connectivity index (χ0n) is 12.1. The lowest BCUT2D eigenvalue weighted by atomic mass is 9.97. The fourth-order valence-corrected chi connectivity index (χ4v) is 2.10. The van der Waals surface area contributed by atoms with Crippen LogP contribution in [-0.4, -0.2) is 31.9 Å². The van der Waals surface area contributed by atoms with Crippen molar-refractivity contribution >= 4 is 5.97 Å². The highest BCUT2D eigenvalue weighted by atomic mass is 16.7. The van der Waals surface area contributed by atoms with Gasteiger partial charge < -0.3 is 14.2 Å². The van der Waals surface area contributed by atoms with Crippen LogP contribution in [0.15, 0.2) is 30.3 Å². The maximum Gasteiger partial charge on any atom is 0.338 e. The second-order valence-electron chi connectivity index (χ2n) is 5.10. The van der Waals surface area contributed by atoms with Gasteiger partial charge in [0.2, 0.25) is 0 Å². The van der Waals surface area contributed by atoms with E-state index in [9.17, 15) is 4.79 Å². The summed E-state index contributed by atoms with van der Waals surface area (Å²) < 4.78 is 16.0. The Balaban J connectivity index is 1.70. The van der Waals surface area contributed by atoms with Gasteiger partial charge in [0.05, 0.1) is 6.61 Å². The summed E-state index contributed by atoms with van der Waals surface area (Å²) in [6.07, 6.45) is 1.64. The van der Waals surface area contributed by atoms with E-state index in [2.05, 4.69) is 6.92 Å². The van der Waals surface area contributed by atoms with Crippen molar-refractivity contribution in [1.82, 2.24) is 0 Å². The minimum atomic E-state index is -0.540. The molecule has 0 bridgehead atoms. The Hall–Kier alpha value is -1.39. The highest BCUT2D eigenvalue weighted by Gasteiger charge is 2.59. The topological polar surface area (TPSA) is 48.1 Å². The number of hydrogen-bond donors (Lipinski definition) is 0. The maximum atomic E-state index is 11.9. The van der Waals surface area contributed by atoms with Crippen LogP contribution in [0.4, 0.5) is 0 Å². The molecule has 4 heteroatoms. The molecule has 4 nitrogen and oxygen atoms in total. The molecule has 1 aliphatic rings. The van der Waals surface area contributed by atoms with Crippen molar-refractivity contribution < 1.29 is 19.0 Å². The molecule has 0 spiro atoms. The van der Waals surface area contributed by atoms with Crippen LogP contribution in [0.1, 0.15) is 32.3 Å². The monoisotopic (exact) mass is 278 g/mol. The molecular formula is C16H22O4. The molecule has 1 aromatic rings. The first-order chi connectivity index (χ1) is 9.68. The van der Waals surface area contributed by atoms with E-state index in [4.69, 9.17) is 14.2 Å². The molecule has 0 unspecified atom stereocenters. The molecule has 2 atom stereocenters. The first-order valence-electron chi connectivity index (χ1n) is 7.16. The zero-order chi connectivity index (χ0) is 14.4. The van der Waals surface area contributed by atoms with Gasteiger partial charge in [-0.1, -0.05) is 43.7 Å². The molecule has 20 heavy (non-hydrogen) atoms. The van der Waals surface area contributed by atoms with Gasteiger partial charge >= 0.3 is 5.97 Å². The number of ether oxygens (including phenoxy) is 3. The number of benzene rings is 1. The molecule has 0 aliphatic carbocycles. The highest BCUT2D eigenvalue weighted by molar-refractivity contribution is 5.79. The van der Waals surface area contributed by atoms with Gasteiger partial charge in [0.1, 0.15) is 12.2 Å². The lowest BCUT2D eigenvalue weighted by molar-refractivity contribution is -0.146. The number of carbonyl (C=O) groups excluding carboxylic acids is 1. The molecule has 1 saturated heterocycles. The fraction of sp³-hybridized carbons (Fsp3) is 0.562. The van der Waals surface area contributed by atoms with Crippen LogP contribution in [0.3, 0.4) is 0 Å². The van der Waals surface area contributed by atoms with Crippen LogP contribution in [0, 0.1) is 0 Å². The second-order valence-corrected chi connectivity index (χ2v) is 5.10. The van der Waals surface area contributed by atoms with E-state index in [-0.39, 0.29) is 12.6 Å². The Labute approximate surface area is 120 Å². The first-order valence-corrected chi connectivity index (χ1v) is 7.16. The minimum Gasteiger partial charge on any atom is -0.461 e. The molecule has 1 aromatic carbocycles.